The van der Waals surface area contributed by atoms with Crippen molar-refractivity contribution in [3.63, 3.8) is 0 Å². The highest BCUT2D eigenvalue weighted by Gasteiger charge is 2.70. The Kier molecular flexibility index (Phi) is 2.63. The molecule has 1 spiro atoms. The van der Waals surface area contributed by atoms with Gasteiger partial charge in [0.2, 0.25) is 5.91 Å². The third-order valence-corrected chi connectivity index (χ3v) is 7.18. The Morgan fingerprint density at radius 3 is 2.83 bits per heavy atom. The number of Topliss-reactive ketones (excluding diaryl/α,β-unsaturated/α-hetero) is 1. The number of nitrogens with zero attached hydrogens (tertiary/aromatic N) is 1. The first-order valence-corrected chi connectivity index (χ1v) is 9.19. The minimum absolute atomic E-state index is 0.0490. The van der Waals surface area contributed by atoms with Crippen LogP contribution in [0.15, 0.2) is 29.7 Å². The van der Waals surface area contributed by atoms with Crippen molar-refractivity contribution >= 4 is 23.0 Å². The van der Waals surface area contributed by atoms with Crippen LogP contribution < -0.4 is 0 Å². The number of hydrogen-bond donors (Lipinski definition) is 0. The predicted molar refractivity (Wildman–Crippen MR) is 85.9 cm³/mol. The number of carbonyl (C=O) groups is 2. The van der Waals surface area contributed by atoms with Crippen LogP contribution >= 0.6 is 11.3 Å². The first-order chi connectivity index (χ1) is 11.0. The van der Waals surface area contributed by atoms with Crippen molar-refractivity contribution in [1.29, 1.82) is 0 Å². The summed E-state index contributed by atoms with van der Waals surface area (Å²) in [5.41, 5.74) is -0.577. The third-order valence-electron chi connectivity index (χ3n) is 6.23. The number of fused-ring (bicyclic) bond motifs is 2. The summed E-state index contributed by atoms with van der Waals surface area (Å²) in [7, 11) is 0. The molecule has 3 saturated heterocycles. The fourth-order valence-electron chi connectivity index (χ4n) is 5.29. The molecule has 1 amide bonds. The standard InChI is InChI=1S/C18H19NO3S/c1-9-14(13-4-3-7-23-13)19-16(10(2)15(9)20)18-6-5-11(22-18)8-12(18)17(19)21/h3-7,9-12,14,16H,8H2,1-2H3/t9-,10-,11+,12-,14+,16-,18-/m0/s1. The lowest BCUT2D eigenvalue weighted by Crippen LogP contribution is -2.58. The minimum atomic E-state index is -0.577. The summed E-state index contributed by atoms with van der Waals surface area (Å²) in [4.78, 5) is 29.2. The lowest BCUT2D eigenvalue weighted by atomic mass is 9.72. The van der Waals surface area contributed by atoms with Crippen LogP contribution in [0.25, 0.3) is 0 Å². The molecule has 0 radical (unpaired) electrons. The number of ketones is 1. The second kappa shape index (κ2) is 4.33. The van der Waals surface area contributed by atoms with E-state index in [0.29, 0.717) is 0 Å². The van der Waals surface area contributed by atoms with Crippen LogP contribution in [-0.4, -0.2) is 34.3 Å². The number of thiophene rings is 1. The maximum Gasteiger partial charge on any atom is 0.230 e. The third kappa shape index (κ3) is 1.50. The van der Waals surface area contributed by atoms with E-state index in [1.54, 1.807) is 11.3 Å². The number of hydrogen-bond acceptors (Lipinski definition) is 4. The van der Waals surface area contributed by atoms with E-state index < -0.39 is 5.60 Å². The van der Waals surface area contributed by atoms with Crippen LogP contribution in [0.4, 0.5) is 0 Å². The van der Waals surface area contributed by atoms with Gasteiger partial charge in [0.25, 0.3) is 0 Å². The second-order valence-electron chi connectivity index (χ2n) is 7.29. The topological polar surface area (TPSA) is 46.6 Å². The fraction of sp³-hybridized carbons (Fsp3) is 0.556. The highest BCUT2D eigenvalue weighted by atomic mass is 32.1. The second-order valence-corrected chi connectivity index (χ2v) is 8.27. The van der Waals surface area contributed by atoms with E-state index in [-0.39, 0.29) is 47.6 Å². The summed E-state index contributed by atoms with van der Waals surface area (Å²) >= 11 is 1.63. The van der Waals surface area contributed by atoms with Crippen molar-refractivity contribution in [3.05, 3.63) is 34.5 Å². The summed E-state index contributed by atoms with van der Waals surface area (Å²) in [5.74, 6) is -0.0475. The monoisotopic (exact) mass is 329 g/mol. The minimum Gasteiger partial charge on any atom is -0.361 e. The highest BCUT2D eigenvalue weighted by Crippen LogP contribution is 2.58. The van der Waals surface area contributed by atoms with Crippen molar-refractivity contribution in [1.82, 2.24) is 4.90 Å². The molecule has 1 aromatic rings. The molecule has 3 fully saturated rings. The molecule has 120 valence electrons. The molecule has 0 saturated carbocycles. The van der Waals surface area contributed by atoms with Gasteiger partial charge in [-0.3, -0.25) is 9.59 Å². The largest absolute Gasteiger partial charge is 0.361 e. The van der Waals surface area contributed by atoms with Gasteiger partial charge in [0.15, 0.2) is 0 Å². The molecule has 5 rings (SSSR count). The smallest absolute Gasteiger partial charge is 0.230 e. The number of amides is 1. The van der Waals surface area contributed by atoms with Gasteiger partial charge in [-0.25, -0.2) is 0 Å². The van der Waals surface area contributed by atoms with Gasteiger partial charge < -0.3 is 9.64 Å². The Hall–Kier alpha value is -1.46. The average molecular weight is 329 g/mol. The van der Waals surface area contributed by atoms with Crippen LogP contribution in [0, 0.1) is 17.8 Å². The van der Waals surface area contributed by atoms with E-state index in [2.05, 4.69) is 12.2 Å². The SMILES string of the molecule is C[C@@H]1C(=O)[C@H](C)[C@@H]2N(C(=O)[C@@H]3C[C@H]4C=C[C@@]23O4)[C@H]1c1cccs1. The van der Waals surface area contributed by atoms with E-state index in [1.165, 1.54) is 0 Å². The molecule has 0 unspecified atom stereocenters. The van der Waals surface area contributed by atoms with Crippen LogP contribution in [-0.2, 0) is 14.3 Å². The summed E-state index contributed by atoms with van der Waals surface area (Å²) < 4.78 is 6.22. The molecular formula is C18H19NO3S. The lowest BCUT2D eigenvalue weighted by Gasteiger charge is -2.47. The molecule has 5 heteroatoms. The predicted octanol–water partition coefficient (Wildman–Crippen LogP) is 2.57. The quantitative estimate of drug-likeness (QED) is 0.744. The molecule has 23 heavy (non-hydrogen) atoms. The Balaban J connectivity index is 1.68. The van der Waals surface area contributed by atoms with E-state index in [9.17, 15) is 9.59 Å². The molecule has 4 aliphatic heterocycles. The Labute approximate surface area is 139 Å². The zero-order valence-corrected chi connectivity index (χ0v) is 14.0. The van der Waals surface area contributed by atoms with Gasteiger partial charge in [-0.1, -0.05) is 32.1 Å². The number of rotatable bonds is 1. The molecule has 2 bridgehead atoms. The van der Waals surface area contributed by atoms with Gasteiger partial charge >= 0.3 is 0 Å². The van der Waals surface area contributed by atoms with Crippen molar-refractivity contribution in [2.75, 3.05) is 0 Å². The van der Waals surface area contributed by atoms with Crippen molar-refractivity contribution in [2.45, 2.75) is 44.1 Å². The zero-order valence-electron chi connectivity index (χ0n) is 13.1. The van der Waals surface area contributed by atoms with Gasteiger partial charge in [0, 0.05) is 16.7 Å². The Morgan fingerprint density at radius 1 is 1.30 bits per heavy atom. The maximum atomic E-state index is 13.2. The van der Waals surface area contributed by atoms with Crippen LogP contribution in [0.5, 0.6) is 0 Å². The summed E-state index contributed by atoms with van der Waals surface area (Å²) in [5, 5.41) is 2.02. The molecule has 1 aromatic heterocycles. The molecule has 7 atom stereocenters. The van der Waals surface area contributed by atoms with Crippen LogP contribution in [0.1, 0.15) is 31.2 Å². The van der Waals surface area contributed by atoms with E-state index in [4.69, 9.17) is 4.74 Å². The highest BCUT2D eigenvalue weighted by molar-refractivity contribution is 7.10. The van der Waals surface area contributed by atoms with Crippen molar-refractivity contribution in [3.8, 4) is 0 Å². The Bertz CT molecular complexity index is 727. The summed E-state index contributed by atoms with van der Waals surface area (Å²) in [6.07, 6.45) is 4.95. The molecule has 0 aromatic carbocycles. The Morgan fingerprint density at radius 2 is 2.13 bits per heavy atom. The normalized spacial score (nSPS) is 47.3. The first kappa shape index (κ1) is 13.9. The molecule has 0 N–H and O–H groups in total. The van der Waals surface area contributed by atoms with Crippen LogP contribution in [0.2, 0.25) is 0 Å². The average Bonchev–Trinajstić information content (AvgIpc) is 3.29. The summed E-state index contributed by atoms with van der Waals surface area (Å²) in [6.45, 7) is 3.93. The van der Waals surface area contributed by atoms with Crippen molar-refractivity contribution in [2.24, 2.45) is 17.8 Å². The van der Waals surface area contributed by atoms with E-state index in [1.807, 2.05) is 36.3 Å². The molecular weight excluding hydrogens is 310 g/mol. The van der Waals surface area contributed by atoms with Gasteiger partial charge in [-0.05, 0) is 17.9 Å². The zero-order chi connectivity index (χ0) is 15.9. The van der Waals surface area contributed by atoms with Gasteiger partial charge in [0.1, 0.15) is 11.4 Å². The van der Waals surface area contributed by atoms with E-state index in [0.717, 1.165) is 11.3 Å². The van der Waals surface area contributed by atoms with Gasteiger partial charge in [-0.2, -0.15) is 0 Å². The molecule has 4 nitrogen and oxygen atoms in total. The number of ether oxygens (including phenoxy) is 1. The molecule has 0 aliphatic carbocycles. The number of piperidine rings is 1. The lowest BCUT2D eigenvalue weighted by molar-refractivity contribution is -0.150. The number of carbonyl (C=O) groups excluding carboxylic acids is 2. The first-order valence-electron chi connectivity index (χ1n) is 8.31. The maximum absolute atomic E-state index is 13.2. The fourth-order valence-corrected chi connectivity index (χ4v) is 6.22. The van der Waals surface area contributed by atoms with E-state index >= 15 is 0 Å². The summed E-state index contributed by atoms with van der Waals surface area (Å²) in [6, 6.07) is 3.72. The van der Waals surface area contributed by atoms with Crippen molar-refractivity contribution < 1.29 is 14.3 Å². The molecule has 5 heterocycles. The van der Waals surface area contributed by atoms with Crippen LogP contribution in [0.3, 0.4) is 0 Å². The van der Waals surface area contributed by atoms with Gasteiger partial charge in [0.05, 0.1) is 24.1 Å². The van der Waals surface area contributed by atoms with Gasteiger partial charge in [-0.15, -0.1) is 11.3 Å². The molecule has 4 aliphatic rings.